The summed E-state index contributed by atoms with van der Waals surface area (Å²) in [5.74, 6) is 0.673. The smallest absolute Gasteiger partial charge is 0.0233 e. The lowest BCUT2D eigenvalue weighted by molar-refractivity contribution is 0.308. The van der Waals surface area contributed by atoms with Crippen molar-refractivity contribution in [2.24, 2.45) is 11.7 Å². The van der Waals surface area contributed by atoms with Crippen molar-refractivity contribution >= 4 is 28.3 Å². The van der Waals surface area contributed by atoms with Crippen LogP contribution in [0.25, 0.3) is 0 Å². The van der Waals surface area contributed by atoms with Crippen molar-refractivity contribution in [3.63, 3.8) is 0 Å². The van der Waals surface area contributed by atoms with Gasteiger partial charge in [-0.2, -0.15) is 0 Å². The second-order valence-corrected chi connectivity index (χ2v) is 6.08. The Bertz CT molecular complexity index is 395. The number of hydrogen-bond acceptors (Lipinski definition) is 2. The van der Waals surface area contributed by atoms with E-state index in [1.165, 1.54) is 28.6 Å². The Kier molecular flexibility index (Phi) is 6.12. The van der Waals surface area contributed by atoms with Gasteiger partial charge in [0.25, 0.3) is 0 Å². The van der Waals surface area contributed by atoms with Crippen LogP contribution in [0, 0.1) is 12.8 Å². The number of hydrogen-bond donors (Lipinski definition) is 1. The van der Waals surface area contributed by atoms with Gasteiger partial charge < -0.3 is 5.73 Å². The third-order valence-electron chi connectivity index (χ3n) is 3.68. The van der Waals surface area contributed by atoms with Gasteiger partial charge in [0.15, 0.2) is 0 Å². The average Bonchev–Trinajstić information content (AvgIpc) is 2.72. The van der Waals surface area contributed by atoms with Crippen molar-refractivity contribution in [1.29, 1.82) is 0 Å². The third kappa shape index (κ3) is 3.95. The van der Waals surface area contributed by atoms with Crippen molar-refractivity contribution < 1.29 is 0 Å². The predicted octanol–water partition coefficient (Wildman–Crippen LogP) is 3.35. The van der Waals surface area contributed by atoms with Crippen LogP contribution in [0.4, 0.5) is 0 Å². The highest BCUT2D eigenvalue weighted by Crippen LogP contribution is 2.22. The zero-order valence-electron chi connectivity index (χ0n) is 11.0. The third-order valence-corrected chi connectivity index (χ3v) is 4.57. The van der Waals surface area contributed by atoms with Gasteiger partial charge in [0.1, 0.15) is 0 Å². The molecule has 0 spiro atoms. The monoisotopic (exact) mass is 332 g/mol. The quantitative estimate of drug-likeness (QED) is 0.919. The van der Waals surface area contributed by atoms with E-state index in [-0.39, 0.29) is 12.4 Å². The summed E-state index contributed by atoms with van der Waals surface area (Å²) >= 11 is 3.54. The minimum atomic E-state index is 0. The highest BCUT2D eigenvalue weighted by molar-refractivity contribution is 9.10. The molecule has 1 aromatic rings. The number of rotatable bonds is 3. The Hall–Kier alpha value is -0.0900. The van der Waals surface area contributed by atoms with E-state index in [9.17, 15) is 0 Å². The van der Waals surface area contributed by atoms with E-state index >= 15 is 0 Å². The zero-order chi connectivity index (χ0) is 12.4. The lowest BCUT2D eigenvalue weighted by Crippen LogP contribution is -2.29. The fourth-order valence-electron chi connectivity index (χ4n) is 2.50. The Labute approximate surface area is 124 Å². The van der Waals surface area contributed by atoms with Crippen LogP contribution in [-0.2, 0) is 6.54 Å². The van der Waals surface area contributed by atoms with E-state index in [2.05, 4.69) is 52.9 Å². The molecule has 18 heavy (non-hydrogen) atoms. The molecule has 4 heteroatoms. The predicted molar refractivity (Wildman–Crippen MR) is 83.2 cm³/mol. The largest absolute Gasteiger partial charge is 0.328 e. The molecule has 0 aromatic heterocycles. The first-order valence-electron chi connectivity index (χ1n) is 6.29. The lowest BCUT2D eigenvalue weighted by Gasteiger charge is -2.18. The van der Waals surface area contributed by atoms with E-state index in [1.807, 2.05) is 0 Å². The first-order valence-corrected chi connectivity index (χ1v) is 7.08. The van der Waals surface area contributed by atoms with Crippen molar-refractivity contribution in [3.8, 4) is 0 Å². The summed E-state index contributed by atoms with van der Waals surface area (Å²) < 4.78 is 1.19. The van der Waals surface area contributed by atoms with Crippen LogP contribution in [0.3, 0.4) is 0 Å². The van der Waals surface area contributed by atoms with Gasteiger partial charge in [0.05, 0.1) is 0 Å². The molecular weight excluding hydrogens is 312 g/mol. The van der Waals surface area contributed by atoms with E-state index in [0.29, 0.717) is 12.0 Å². The molecule has 2 nitrogen and oxygen atoms in total. The first-order chi connectivity index (χ1) is 8.06. The van der Waals surface area contributed by atoms with Crippen molar-refractivity contribution in [1.82, 2.24) is 4.90 Å². The van der Waals surface area contributed by atoms with Gasteiger partial charge in [-0.1, -0.05) is 28.1 Å². The molecule has 1 fully saturated rings. The summed E-state index contributed by atoms with van der Waals surface area (Å²) in [5, 5.41) is 0. The van der Waals surface area contributed by atoms with E-state index in [1.54, 1.807) is 0 Å². The number of likely N-dealkylation sites (tertiary alicyclic amines) is 1. The van der Waals surface area contributed by atoms with Gasteiger partial charge in [0, 0.05) is 23.6 Å². The first kappa shape index (κ1) is 16.0. The summed E-state index contributed by atoms with van der Waals surface area (Å²) in [4.78, 5) is 2.51. The molecule has 0 saturated carbocycles. The van der Waals surface area contributed by atoms with E-state index in [4.69, 9.17) is 5.73 Å². The molecule has 102 valence electrons. The van der Waals surface area contributed by atoms with Gasteiger partial charge in [-0.15, -0.1) is 12.4 Å². The van der Waals surface area contributed by atoms with E-state index < -0.39 is 0 Å². The van der Waals surface area contributed by atoms with Gasteiger partial charge in [-0.3, -0.25) is 4.90 Å². The minimum Gasteiger partial charge on any atom is -0.328 e. The van der Waals surface area contributed by atoms with Gasteiger partial charge >= 0.3 is 0 Å². The average molecular weight is 334 g/mol. The van der Waals surface area contributed by atoms with Crippen molar-refractivity contribution in [2.75, 3.05) is 13.1 Å². The zero-order valence-corrected chi connectivity index (χ0v) is 13.4. The molecule has 2 atom stereocenters. The van der Waals surface area contributed by atoms with Crippen molar-refractivity contribution in [2.45, 2.75) is 32.9 Å². The normalized spacial score (nSPS) is 21.7. The Balaban J connectivity index is 0.00000162. The molecule has 1 aromatic carbocycles. The van der Waals surface area contributed by atoms with E-state index in [0.717, 1.165) is 13.1 Å². The van der Waals surface area contributed by atoms with Gasteiger partial charge in [0.2, 0.25) is 0 Å². The molecule has 2 rings (SSSR count). The van der Waals surface area contributed by atoms with Crippen LogP contribution in [0.15, 0.2) is 22.7 Å². The summed E-state index contributed by atoms with van der Waals surface area (Å²) in [6.45, 7) is 7.64. The minimum absolute atomic E-state index is 0. The number of nitrogens with two attached hydrogens (primary N) is 1. The summed E-state index contributed by atoms with van der Waals surface area (Å²) in [7, 11) is 0. The molecule has 1 aliphatic heterocycles. The summed E-state index contributed by atoms with van der Waals surface area (Å²) in [6.07, 6.45) is 1.24. The summed E-state index contributed by atoms with van der Waals surface area (Å²) in [5.41, 5.74) is 8.67. The second-order valence-electron chi connectivity index (χ2n) is 5.23. The van der Waals surface area contributed by atoms with Crippen LogP contribution >= 0.6 is 28.3 Å². The number of aryl methyl sites for hydroxylation is 1. The molecule has 2 N–H and O–H groups in total. The maximum Gasteiger partial charge on any atom is 0.0233 e. The fraction of sp³-hybridized carbons (Fsp3) is 0.571. The van der Waals surface area contributed by atoms with Crippen LogP contribution < -0.4 is 5.73 Å². The molecular formula is C14H22BrClN2. The molecule has 0 radical (unpaired) electrons. The maximum atomic E-state index is 5.96. The molecule has 0 amide bonds. The highest BCUT2D eigenvalue weighted by atomic mass is 79.9. The molecule has 1 aliphatic rings. The Morgan fingerprint density at radius 2 is 2.22 bits per heavy atom. The summed E-state index contributed by atoms with van der Waals surface area (Å²) in [6, 6.07) is 6.94. The maximum absolute atomic E-state index is 5.96. The van der Waals surface area contributed by atoms with Crippen molar-refractivity contribution in [3.05, 3.63) is 33.8 Å². The molecule has 0 aliphatic carbocycles. The van der Waals surface area contributed by atoms with Gasteiger partial charge in [-0.05, 0) is 49.9 Å². The van der Waals surface area contributed by atoms with Crippen LogP contribution in [0.5, 0.6) is 0 Å². The van der Waals surface area contributed by atoms with Crippen LogP contribution in [0.1, 0.15) is 24.5 Å². The highest BCUT2D eigenvalue weighted by Gasteiger charge is 2.24. The number of nitrogens with zero attached hydrogens (tertiary/aromatic N) is 1. The van der Waals surface area contributed by atoms with Crippen LogP contribution in [0.2, 0.25) is 0 Å². The Morgan fingerprint density at radius 3 is 2.78 bits per heavy atom. The van der Waals surface area contributed by atoms with Crippen LogP contribution in [-0.4, -0.2) is 24.0 Å². The number of halogens is 2. The molecule has 1 heterocycles. The second kappa shape index (κ2) is 6.90. The SMILES string of the molecule is Cc1cc(CN2CCC(C(C)N)C2)ccc1Br.Cl. The molecule has 0 bridgehead atoms. The Morgan fingerprint density at radius 1 is 1.50 bits per heavy atom. The molecule has 2 unspecified atom stereocenters. The molecule has 1 saturated heterocycles. The lowest BCUT2D eigenvalue weighted by atomic mass is 10.0. The van der Waals surface area contributed by atoms with Gasteiger partial charge in [-0.25, -0.2) is 0 Å². The standard InChI is InChI=1S/C14H21BrN2.ClH/c1-10-7-12(3-4-14(10)15)8-17-6-5-13(9-17)11(2)16;/h3-4,7,11,13H,5-6,8-9,16H2,1-2H3;1H. The fourth-order valence-corrected chi connectivity index (χ4v) is 2.75. The topological polar surface area (TPSA) is 29.3 Å². The number of benzene rings is 1.